The van der Waals surface area contributed by atoms with Crippen molar-refractivity contribution in [3.8, 4) is 11.5 Å². The fourth-order valence-corrected chi connectivity index (χ4v) is 4.38. The first kappa shape index (κ1) is 26.2. The third-order valence-corrected chi connectivity index (χ3v) is 6.19. The van der Waals surface area contributed by atoms with Crippen molar-refractivity contribution in [3.05, 3.63) is 49.8 Å². The molecule has 0 amide bonds. The zero-order valence-corrected chi connectivity index (χ0v) is 20.0. The second-order valence-electron chi connectivity index (χ2n) is 6.21. The zero-order chi connectivity index (χ0) is 24.9. The summed E-state index contributed by atoms with van der Waals surface area (Å²) in [6.45, 7) is 0. The maximum absolute atomic E-state index is 13.1. The molecule has 17 heteroatoms. The van der Waals surface area contributed by atoms with Crippen molar-refractivity contribution in [2.45, 2.75) is 29.2 Å². The van der Waals surface area contributed by atoms with Gasteiger partial charge in [-0.15, -0.1) is 0 Å². The Morgan fingerprint density at radius 1 is 0.909 bits per heavy atom. The van der Waals surface area contributed by atoms with Crippen molar-refractivity contribution < 1.29 is 39.5 Å². The summed E-state index contributed by atoms with van der Waals surface area (Å²) in [5, 5.41) is 6.90. The first-order valence-electron chi connectivity index (χ1n) is 8.19. The van der Waals surface area contributed by atoms with Crippen LogP contribution in [0.25, 0.3) is 11.5 Å². The van der Waals surface area contributed by atoms with E-state index >= 15 is 0 Å². The highest BCUT2D eigenvalue weighted by Gasteiger charge is 2.37. The number of hydrogen-bond acceptors (Lipinski definition) is 3. The molecule has 0 atom stereocenters. The van der Waals surface area contributed by atoms with Crippen molar-refractivity contribution in [2.75, 3.05) is 0 Å². The molecule has 1 aromatic carbocycles. The number of aromatic nitrogens is 4. The van der Waals surface area contributed by atoms with Crippen LogP contribution in [-0.4, -0.2) is 31.2 Å². The molecule has 0 radical (unpaired) electrons. The molecule has 0 N–H and O–H groups in total. The topological polar surface area (TPSA) is 35.6 Å². The van der Waals surface area contributed by atoms with E-state index in [0.717, 1.165) is 18.2 Å². The van der Waals surface area contributed by atoms with Gasteiger partial charge in [-0.25, -0.2) is 9.36 Å². The molecular weight excluding hydrogens is 647 g/mol. The molecular formula is C16H6Br2ClF9N4S. The number of rotatable bonds is 4. The summed E-state index contributed by atoms with van der Waals surface area (Å²) in [7, 11) is 0. The number of thioether (sulfide) groups is 1. The van der Waals surface area contributed by atoms with Gasteiger partial charge in [-0.2, -0.15) is 49.7 Å². The van der Waals surface area contributed by atoms with E-state index in [1.807, 2.05) is 0 Å². The van der Waals surface area contributed by atoms with Crippen LogP contribution in [0, 0.1) is 0 Å². The predicted octanol–water partition coefficient (Wildman–Crippen LogP) is 7.97. The van der Waals surface area contributed by atoms with E-state index in [1.165, 1.54) is 0 Å². The Labute approximate surface area is 204 Å². The van der Waals surface area contributed by atoms with Crippen LogP contribution in [0.1, 0.15) is 11.4 Å². The summed E-state index contributed by atoms with van der Waals surface area (Å²) >= 11 is 11.3. The lowest BCUT2D eigenvalue weighted by Gasteiger charge is -2.13. The van der Waals surface area contributed by atoms with E-state index in [9.17, 15) is 39.5 Å². The molecule has 3 aromatic rings. The monoisotopic (exact) mass is 650 g/mol. The Balaban J connectivity index is 2.28. The summed E-state index contributed by atoms with van der Waals surface area (Å²) in [5.74, 6) is -0.451. The first-order chi connectivity index (χ1) is 15.0. The number of halogens is 12. The molecule has 0 aliphatic rings. The average molecular weight is 653 g/mol. The Bertz CT molecular complexity index is 1180. The molecule has 0 spiro atoms. The molecule has 0 aliphatic heterocycles. The molecule has 0 fully saturated rings. The maximum Gasteiger partial charge on any atom is 0.446 e. The molecule has 33 heavy (non-hydrogen) atoms. The Hall–Kier alpha value is -1.39. The third kappa shape index (κ3) is 6.19. The van der Waals surface area contributed by atoms with Crippen LogP contribution in [0.4, 0.5) is 39.5 Å². The molecule has 0 aliphatic carbocycles. The third-order valence-electron chi connectivity index (χ3n) is 3.78. The van der Waals surface area contributed by atoms with Crippen molar-refractivity contribution in [1.82, 2.24) is 19.6 Å². The van der Waals surface area contributed by atoms with Crippen molar-refractivity contribution >= 4 is 55.2 Å². The highest BCUT2D eigenvalue weighted by molar-refractivity contribution is 9.11. The lowest BCUT2D eigenvalue weighted by molar-refractivity contribution is -0.141. The fraction of sp³-hybridized carbons (Fsp3) is 0.250. The first-order valence-corrected chi connectivity index (χ1v) is 11.0. The maximum atomic E-state index is 13.1. The van der Waals surface area contributed by atoms with Crippen LogP contribution in [0.3, 0.4) is 0 Å². The van der Waals surface area contributed by atoms with E-state index in [-0.39, 0.29) is 24.7 Å². The van der Waals surface area contributed by atoms with Gasteiger partial charge in [-0.05, 0) is 61.8 Å². The van der Waals surface area contributed by atoms with Crippen LogP contribution < -0.4 is 0 Å². The second-order valence-corrected chi connectivity index (χ2v) is 9.36. The lowest BCUT2D eigenvalue weighted by atomic mass is 10.3. The molecule has 0 unspecified atom stereocenters. The number of nitrogens with zero attached hydrogens (tertiary/aromatic N) is 4. The van der Waals surface area contributed by atoms with Gasteiger partial charge in [-0.1, -0.05) is 11.6 Å². The standard InChI is InChI=1S/C16H6Br2ClF9N4S/c17-11-4-10(15(23,24)25)30-32(11)13-12(18)8(5-14(20,21)22)29-31(13)9-3-6(1-2-7(9)19)33-16(26,27)28/h1-4H,5H2. The van der Waals surface area contributed by atoms with E-state index in [2.05, 4.69) is 42.1 Å². The molecule has 0 saturated heterocycles. The molecule has 0 saturated carbocycles. The molecule has 3 rings (SSSR count). The number of benzene rings is 1. The van der Waals surface area contributed by atoms with Crippen LogP contribution in [0.5, 0.6) is 0 Å². The number of alkyl halides is 9. The minimum atomic E-state index is -4.89. The van der Waals surface area contributed by atoms with Crippen molar-refractivity contribution in [2.24, 2.45) is 0 Å². The van der Waals surface area contributed by atoms with Gasteiger partial charge in [0, 0.05) is 11.0 Å². The van der Waals surface area contributed by atoms with Gasteiger partial charge < -0.3 is 0 Å². The number of hydrogen-bond donors (Lipinski definition) is 0. The molecule has 180 valence electrons. The molecule has 2 aromatic heterocycles. The van der Waals surface area contributed by atoms with Gasteiger partial charge in [0.2, 0.25) is 0 Å². The van der Waals surface area contributed by atoms with Gasteiger partial charge in [-0.3, -0.25) is 0 Å². The summed E-state index contributed by atoms with van der Waals surface area (Å²) in [6.07, 6.45) is -11.2. The van der Waals surface area contributed by atoms with Crippen molar-refractivity contribution in [1.29, 1.82) is 0 Å². The van der Waals surface area contributed by atoms with Gasteiger partial charge >= 0.3 is 17.9 Å². The summed E-state index contributed by atoms with van der Waals surface area (Å²) < 4.78 is 117. The average Bonchev–Trinajstić information content (AvgIpc) is 3.14. The largest absolute Gasteiger partial charge is 0.446 e. The molecule has 2 heterocycles. The minimum absolute atomic E-state index is 0.226. The van der Waals surface area contributed by atoms with Gasteiger partial charge in [0.25, 0.3) is 0 Å². The Morgan fingerprint density at radius 2 is 1.55 bits per heavy atom. The molecule has 4 nitrogen and oxygen atoms in total. The quantitative estimate of drug-likeness (QED) is 0.212. The van der Waals surface area contributed by atoms with E-state index < -0.39 is 53.2 Å². The van der Waals surface area contributed by atoms with Gasteiger partial charge in [0.05, 0.1) is 27.3 Å². The summed E-state index contributed by atoms with van der Waals surface area (Å²) in [4.78, 5) is -0.382. The van der Waals surface area contributed by atoms with E-state index in [1.54, 1.807) is 0 Å². The van der Waals surface area contributed by atoms with Crippen LogP contribution in [-0.2, 0) is 12.6 Å². The molecule has 0 bridgehead atoms. The van der Waals surface area contributed by atoms with Crippen LogP contribution >= 0.6 is 55.2 Å². The summed E-state index contributed by atoms with van der Waals surface area (Å²) in [5.41, 5.74) is -7.03. The highest BCUT2D eigenvalue weighted by atomic mass is 79.9. The van der Waals surface area contributed by atoms with Crippen molar-refractivity contribution in [3.63, 3.8) is 0 Å². The predicted molar refractivity (Wildman–Crippen MR) is 108 cm³/mol. The van der Waals surface area contributed by atoms with Gasteiger partial charge in [0.15, 0.2) is 11.5 Å². The van der Waals surface area contributed by atoms with Gasteiger partial charge in [0.1, 0.15) is 4.60 Å². The SMILES string of the molecule is FC(F)(F)Cc1nn(-c2cc(SC(F)(F)F)ccc2Cl)c(-n2nc(C(F)(F)F)cc2Br)c1Br. The lowest BCUT2D eigenvalue weighted by Crippen LogP contribution is -2.12. The zero-order valence-electron chi connectivity index (χ0n) is 15.2. The second kappa shape index (κ2) is 9.00. The van der Waals surface area contributed by atoms with Crippen LogP contribution in [0.2, 0.25) is 5.02 Å². The van der Waals surface area contributed by atoms with E-state index in [4.69, 9.17) is 11.6 Å². The Morgan fingerprint density at radius 3 is 2.06 bits per heavy atom. The highest BCUT2D eigenvalue weighted by Crippen LogP contribution is 2.41. The normalized spacial score (nSPS) is 13.1. The fourth-order valence-electron chi connectivity index (χ4n) is 2.58. The van der Waals surface area contributed by atoms with E-state index in [0.29, 0.717) is 15.4 Å². The summed E-state index contributed by atoms with van der Waals surface area (Å²) in [6, 6.07) is 3.53. The minimum Gasteiger partial charge on any atom is -0.212 e. The van der Waals surface area contributed by atoms with Crippen LogP contribution in [0.15, 0.2) is 38.2 Å². The Kier molecular flexibility index (Phi) is 7.15. The smallest absolute Gasteiger partial charge is 0.212 e.